The van der Waals surface area contributed by atoms with E-state index in [9.17, 15) is 9.59 Å². The molecule has 0 unspecified atom stereocenters. The van der Waals surface area contributed by atoms with Gasteiger partial charge in [0.25, 0.3) is 0 Å². The Kier molecular flexibility index (Phi) is 7.86. The van der Waals surface area contributed by atoms with Gasteiger partial charge in [-0.05, 0) is 33.3 Å². The number of carbonyl (C=O) groups excluding carboxylic acids is 2. The van der Waals surface area contributed by atoms with Gasteiger partial charge >= 0.3 is 6.09 Å². The van der Waals surface area contributed by atoms with Crippen LogP contribution >= 0.6 is 0 Å². The Labute approximate surface area is 160 Å². The second kappa shape index (κ2) is 9.17. The zero-order chi connectivity index (χ0) is 17.7. The number of nitrogens with zero attached hydrogens (tertiary/aromatic N) is 3. The molecule has 0 aliphatic carbocycles. The van der Waals surface area contributed by atoms with Gasteiger partial charge in [-0.1, -0.05) is 0 Å². The standard InChI is InChI=1S/C18H28N3O3.BrH/c1-15-5-8-19(9-6-15)10-7-16(22)20-11-13-21(14-12-20)17(23)24-18(2,3)4;/h5-6,8-9H,7,10-14H2,1-4H3;1H/q+1;/p-1. The van der Waals surface area contributed by atoms with Crippen molar-refractivity contribution in [3.05, 3.63) is 30.1 Å². The molecule has 1 aromatic rings. The quantitative estimate of drug-likeness (QED) is 0.582. The molecule has 1 aliphatic rings. The van der Waals surface area contributed by atoms with Crippen LogP contribution in [0.4, 0.5) is 4.79 Å². The topological polar surface area (TPSA) is 53.7 Å². The van der Waals surface area contributed by atoms with E-state index in [1.165, 1.54) is 5.56 Å². The van der Waals surface area contributed by atoms with Crippen LogP contribution in [0.25, 0.3) is 0 Å². The predicted molar refractivity (Wildman–Crippen MR) is 90.4 cm³/mol. The molecule has 0 spiro atoms. The lowest BCUT2D eigenvalue weighted by molar-refractivity contribution is -0.696. The first kappa shape index (κ1) is 21.4. The zero-order valence-electron chi connectivity index (χ0n) is 15.5. The van der Waals surface area contributed by atoms with Gasteiger partial charge in [0.2, 0.25) is 5.91 Å². The minimum absolute atomic E-state index is 0. The fourth-order valence-corrected chi connectivity index (χ4v) is 2.53. The molecule has 0 saturated carbocycles. The summed E-state index contributed by atoms with van der Waals surface area (Å²) in [7, 11) is 0. The van der Waals surface area contributed by atoms with Crippen molar-refractivity contribution < 1.29 is 35.9 Å². The van der Waals surface area contributed by atoms with Crippen LogP contribution in [-0.2, 0) is 16.1 Å². The van der Waals surface area contributed by atoms with Crippen LogP contribution in [0.1, 0.15) is 32.8 Å². The Morgan fingerprint density at radius 1 is 1.08 bits per heavy atom. The minimum atomic E-state index is -0.491. The highest BCUT2D eigenvalue weighted by molar-refractivity contribution is 5.76. The number of amides is 2. The van der Waals surface area contributed by atoms with Crippen LogP contribution in [0.3, 0.4) is 0 Å². The molecule has 1 aromatic heterocycles. The highest BCUT2D eigenvalue weighted by Crippen LogP contribution is 2.12. The van der Waals surface area contributed by atoms with Gasteiger partial charge in [0.15, 0.2) is 18.9 Å². The Hall–Kier alpha value is -1.63. The van der Waals surface area contributed by atoms with Crippen molar-refractivity contribution in [2.24, 2.45) is 0 Å². The van der Waals surface area contributed by atoms with Gasteiger partial charge < -0.3 is 31.5 Å². The van der Waals surface area contributed by atoms with Crippen molar-refractivity contribution in [2.45, 2.75) is 46.3 Å². The average molecular weight is 414 g/mol. The number of aromatic nitrogens is 1. The number of halogens is 1. The maximum absolute atomic E-state index is 12.3. The third kappa shape index (κ3) is 7.02. The fraction of sp³-hybridized carbons (Fsp3) is 0.611. The summed E-state index contributed by atoms with van der Waals surface area (Å²) in [5.74, 6) is 0.131. The lowest BCUT2D eigenvalue weighted by atomic mass is 10.2. The molecule has 2 rings (SSSR count). The van der Waals surface area contributed by atoms with Gasteiger partial charge in [0.05, 0.1) is 6.42 Å². The summed E-state index contributed by atoms with van der Waals surface area (Å²) in [6, 6.07) is 4.06. The zero-order valence-corrected chi connectivity index (χ0v) is 17.1. The van der Waals surface area contributed by atoms with E-state index in [-0.39, 0.29) is 29.0 Å². The van der Waals surface area contributed by atoms with Crippen molar-refractivity contribution in [3.63, 3.8) is 0 Å². The maximum atomic E-state index is 12.3. The summed E-state index contributed by atoms with van der Waals surface area (Å²) in [4.78, 5) is 27.8. The number of hydrogen-bond donors (Lipinski definition) is 0. The first-order valence-electron chi connectivity index (χ1n) is 8.46. The molecule has 0 aromatic carbocycles. The summed E-state index contributed by atoms with van der Waals surface area (Å²) >= 11 is 0. The molecule has 0 radical (unpaired) electrons. The molecule has 7 heteroatoms. The maximum Gasteiger partial charge on any atom is 0.410 e. The molecule has 0 atom stereocenters. The molecular weight excluding hydrogens is 386 g/mol. The molecule has 25 heavy (non-hydrogen) atoms. The van der Waals surface area contributed by atoms with Gasteiger partial charge in [0.1, 0.15) is 5.60 Å². The number of aryl methyl sites for hydroxylation is 2. The van der Waals surface area contributed by atoms with E-state index in [0.29, 0.717) is 39.1 Å². The molecule has 2 heterocycles. The normalized spacial score (nSPS) is 14.7. The molecule has 1 fully saturated rings. The van der Waals surface area contributed by atoms with Crippen molar-refractivity contribution >= 4 is 12.0 Å². The molecular formula is C18H28BrN3O3. The number of pyridine rings is 1. The molecule has 140 valence electrons. The van der Waals surface area contributed by atoms with Gasteiger partial charge in [-0.15, -0.1) is 0 Å². The molecule has 1 saturated heterocycles. The van der Waals surface area contributed by atoms with E-state index in [0.717, 1.165) is 0 Å². The van der Waals surface area contributed by atoms with Crippen LogP contribution in [0.15, 0.2) is 24.5 Å². The van der Waals surface area contributed by atoms with Crippen molar-refractivity contribution in [3.8, 4) is 0 Å². The van der Waals surface area contributed by atoms with E-state index >= 15 is 0 Å². The number of hydrogen-bond acceptors (Lipinski definition) is 3. The van der Waals surface area contributed by atoms with E-state index in [1.807, 2.05) is 61.7 Å². The predicted octanol–water partition coefficient (Wildman–Crippen LogP) is -1.24. The van der Waals surface area contributed by atoms with Crippen LogP contribution < -0.4 is 21.5 Å². The van der Waals surface area contributed by atoms with Crippen LogP contribution in [-0.4, -0.2) is 53.6 Å². The fourth-order valence-electron chi connectivity index (χ4n) is 2.53. The Morgan fingerprint density at radius 3 is 2.12 bits per heavy atom. The smallest absolute Gasteiger partial charge is 0.410 e. The van der Waals surface area contributed by atoms with Gasteiger partial charge in [-0.3, -0.25) is 4.79 Å². The van der Waals surface area contributed by atoms with E-state index in [1.54, 1.807) is 4.90 Å². The first-order chi connectivity index (χ1) is 11.2. The summed E-state index contributed by atoms with van der Waals surface area (Å²) < 4.78 is 7.38. The SMILES string of the molecule is Cc1cc[n+](CCC(=O)N2CCN(C(=O)OC(C)(C)C)CC2)cc1.[Br-]. The van der Waals surface area contributed by atoms with Crippen LogP contribution in [0.2, 0.25) is 0 Å². The van der Waals surface area contributed by atoms with Crippen LogP contribution in [0, 0.1) is 6.92 Å². The first-order valence-corrected chi connectivity index (χ1v) is 8.46. The summed E-state index contributed by atoms with van der Waals surface area (Å²) in [6.45, 7) is 10.5. The van der Waals surface area contributed by atoms with Gasteiger partial charge in [0, 0.05) is 38.3 Å². The van der Waals surface area contributed by atoms with Gasteiger partial charge in [-0.25, -0.2) is 9.36 Å². The second-order valence-electron chi connectivity index (χ2n) is 7.21. The minimum Gasteiger partial charge on any atom is -1.00 e. The number of ether oxygens (including phenoxy) is 1. The largest absolute Gasteiger partial charge is 1.00 e. The van der Waals surface area contributed by atoms with Crippen molar-refractivity contribution in [1.29, 1.82) is 0 Å². The monoisotopic (exact) mass is 413 g/mol. The second-order valence-corrected chi connectivity index (χ2v) is 7.21. The lowest BCUT2D eigenvalue weighted by Crippen LogP contribution is -3.00. The Bertz CT molecular complexity index is 576. The molecule has 0 N–H and O–H groups in total. The molecule has 2 amide bonds. The molecule has 0 bridgehead atoms. The van der Waals surface area contributed by atoms with Crippen molar-refractivity contribution in [2.75, 3.05) is 26.2 Å². The van der Waals surface area contributed by atoms with Crippen LogP contribution in [0.5, 0.6) is 0 Å². The third-order valence-electron chi connectivity index (χ3n) is 3.93. The summed E-state index contributed by atoms with van der Waals surface area (Å²) in [5, 5.41) is 0. The highest BCUT2D eigenvalue weighted by atomic mass is 79.9. The van der Waals surface area contributed by atoms with E-state index in [2.05, 4.69) is 0 Å². The number of piperazine rings is 1. The lowest BCUT2D eigenvalue weighted by Gasteiger charge is -2.35. The summed E-state index contributed by atoms with van der Waals surface area (Å²) in [5.41, 5.74) is 0.714. The Morgan fingerprint density at radius 2 is 1.60 bits per heavy atom. The third-order valence-corrected chi connectivity index (χ3v) is 3.93. The van der Waals surface area contributed by atoms with Gasteiger partial charge in [-0.2, -0.15) is 0 Å². The molecule has 6 nitrogen and oxygen atoms in total. The number of rotatable bonds is 3. The molecule has 1 aliphatic heterocycles. The van der Waals surface area contributed by atoms with E-state index < -0.39 is 5.60 Å². The van der Waals surface area contributed by atoms with E-state index in [4.69, 9.17) is 4.74 Å². The number of carbonyl (C=O) groups is 2. The highest BCUT2D eigenvalue weighted by Gasteiger charge is 2.27. The summed E-state index contributed by atoms with van der Waals surface area (Å²) in [6.07, 6.45) is 4.15. The van der Waals surface area contributed by atoms with Crippen molar-refractivity contribution in [1.82, 2.24) is 9.80 Å². The Balaban J connectivity index is 0.00000312. The average Bonchev–Trinajstić information content (AvgIpc) is 2.52.